The monoisotopic (exact) mass is 387 g/mol. The van der Waals surface area contributed by atoms with Gasteiger partial charge in [0, 0.05) is 6.61 Å². The van der Waals surface area contributed by atoms with Crippen molar-refractivity contribution in [2.45, 2.75) is 38.8 Å². The summed E-state index contributed by atoms with van der Waals surface area (Å²) in [5.74, 6) is -2.61. The standard InChI is InChI=1S/C17H25NO7S/c1-3-5-11-25-15(13-9-7-6-8-10-13)16(19)18-14(12-26(21,22)23)17(20)24-4-2/h6-10,14-15H,3-5,11-12H2,1-2H3,(H,18,19)(H,21,22,23)/t14-,15?/m0/s1. The van der Waals surface area contributed by atoms with Gasteiger partial charge in [-0.1, -0.05) is 43.7 Å². The molecule has 1 aromatic rings. The van der Waals surface area contributed by atoms with E-state index in [9.17, 15) is 18.0 Å². The van der Waals surface area contributed by atoms with E-state index in [1.165, 1.54) is 0 Å². The van der Waals surface area contributed by atoms with E-state index in [4.69, 9.17) is 14.0 Å². The highest BCUT2D eigenvalue weighted by atomic mass is 32.2. The average Bonchev–Trinajstić information content (AvgIpc) is 2.58. The Balaban J connectivity index is 2.97. The molecular weight excluding hydrogens is 362 g/mol. The minimum atomic E-state index is -4.50. The smallest absolute Gasteiger partial charge is 0.329 e. The predicted octanol–water partition coefficient (Wildman–Crippen LogP) is 1.48. The number of benzene rings is 1. The first-order chi connectivity index (χ1) is 12.3. The lowest BCUT2D eigenvalue weighted by Crippen LogP contribution is -2.48. The van der Waals surface area contributed by atoms with Gasteiger partial charge in [-0.05, 0) is 18.9 Å². The number of nitrogens with one attached hydrogen (secondary N) is 1. The topological polar surface area (TPSA) is 119 Å². The highest BCUT2D eigenvalue weighted by molar-refractivity contribution is 7.85. The number of hydrogen-bond donors (Lipinski definition) is 2. The van der Waals surface area contributed by atoms with Gasteiger partial charge in [-0.25, -0.2) is 4.79 Å². The van der Waals surface area contributed by atoms with Crippen molar-refractivity contribution in [1.82, 2.24) is 5.32 Å². The molecule has 1 unspecified atom stereocenters. The minimum absolute atomic E-state index is 0.00575. The van der Waals surface area contributed by atoms with Crippen LogP contribution in [0.2, 0.25) is 0 Å². The molecule has 0 aliphatic carbocycles. The summed E-state index contributed by atoms with van der Waals surface area (Å²) < 4.78 is 41.7. The van der Waals surface area contributed by atoms with Gasteiger partial charge < -0.3 is 14.8 Å². The summed E-state index contributed by atoms with van der Waals surface area (Å²) >= 11 is 0. The van der Waals surface area contributed by atoms with E-state index < -0.39 is 39.9 Å². The zero-order valence-corrected chi connectivity index (χ0v) is 15.7. The second kappa shape index (κ2) is 10.9. The van der Waals surface area contributed by atoms with Crippen molar-refractivity contribution < 1.29 is 32.0 Å². The Labute approximate surface area is 153 Å². The molecule has 1 rings (SSSR count). The summed E-state index contributed by atoms with van der Waals surface area (Å²) in [7, 11) is -4.50. The zero-order valence-electron chi connectivity index (χ0n) is 14.9. The number of unbranched alkanes of at least 4 members (excludes halogenated alkanes) is 1. The molecule has 146 valence electrons. The zero-order chi connectivity index (χ0) is 19.6. The molecule has 0 saturated heterocycles. The Bertz CT molecular complexity index is 676. The summed E-state index contributed by atoms with van der Waals surface area (Å²) in [6.07, 6.45) is 0.598. The lowest BCUT2D eigenvalue weighted by Gasteiger charge is -2.21. The molecule has 0 aliphatic rings. The molecule has 0 aliphatic heterocycles. The summed E-state index contributed by atoms with van der Waals surface area (Å²) in [6.45, 7) is 3.85. The quantitative estimate of drug-likeness (QED) is 0.335. The van der Waals surface area contributed by atoms with Crippen molar-refractivity contribution in [1.29, 1.82) is 0 Å². The summed E-state index contributed by atoms with van der Waals surface area (Å²) in [5, 5.41) is 2.31. The van der Waals surface area contributed by atoms with Gasteiger partial charge in [-0.2, -0.15) is 8.42 Å². The maximum atomic E-state index is 12.6. The summed E-state index contributed by atoms with van der Waals surface area (Å²) in [5.41, 5.74) is 0.565. The van der Waals surface area contributed by atoms with Crippen LogP contribution in [0.1, 0.15) is 38.4 Å². The fourth-order valence-electron chi connectivity index (χ4n) is 2.17. The maximum absolute atomic E-state index is 12.6. The third-order valence-electron chi connectivity index (χ3n) is 3.39. The van der Waals surface area contributed by atoms with Gasteiger partial charge in [0.15, 0.2) is 6.10 Å². The second-order valence-electron chi connectivity index (χ2n) is 5.58. The molecule has 26 heavy (non-hydrogen) atoms. The van der Waals surface area contributed by atoms with Crippen LogP contribution in [-0.2, 0) is 29.2 Å². The number of rotatable bonds is 11. The average molecular weight is 387 g/mol. The Morgan fingerprint density at radius 1 is 1.19 bits per heavy atom. The lowest BCUT2D eigenvalue weighted by atomic mass is 10.1. The normalized spacial score (nSPS) is 13.7. The van der Waals surface area contributed by atoms with Crippen molar-refractivity contribution in [3.05, 3.63) is 35.9 Å². The maximum Gasteiger partial charge on any atom is 0.329 e. The number of amides is 1. The van der Waals surface area contributed by atoms with Crippen LogP contribution in [0, 0.1) is 0 Å². The minimum Gasteiger partial charge on any atom is -0.464 e. The third kappa shape index (κ3) is 7.94. The van der Waals surface area contributed by atoms with Crippen LogP contribution >= 0.6 is 0 Å². The molecule has 2 N–H and O–H groups in total. The molecule has 0 saturated carbocycles. The third-order valence-corrected chi connectivity index (χ3v) is 4.14. The van der Waals surface area contributed by atoms with E-state index >= 15 is 0 Å². The number of carbonyl (C=O) groups excluding carboxylic acids is 2. The molecule has 1 aromatic carbocycles. The number of ether oxygens (including phenoxy) is 2. The van der Waals surface area contributed by atoms with Gasteiger partial charge >= 0.3 is 5.97 Å². The summed E-state index contributed by atoms with van der Waals surface area (Å²) in [4.78, 5) is 24.5. The molecule has 1 amide bonds. The van der Waals surface area contributed by atoms with Gasteiger partial charge in [0.05, 0.1) is 6.61 Å². The molecule has 0 aromatic heterocycles. The lowest BCUT2D eigenvalue weighted by molar-refractivity contribution is -0.148. The first kappa shape index (κ1) is 22.1. The fourth-order valence-corrected chi connectivity index (χ4v) is 2.81. The molecule has 0 bridgehead atoms. The Hall–Kier alpha value is -1.97. The highest BCUT2D eigenvalue weighted by Gasteiger charge is 2.31. The number of carbonyl (C=O) groups is 2. The van der Waals surface area contributed by atoms with Gasteiger partial charge in [0.25, 0.3) is 16.0 Å². The molecule has 2 atom stereocenters. The van der Waals surface area contributed by atoms with E-state index in [1.807, 2.05) is 6.92 Å². The van der Waals surface area contributed by atoms with Crippen LogP contribution < -0.4 is 5.32 Å². The molecule has 0 radical (unpaired) electrons. The Kier molecular flexibility index (Phi) is 9.25. The van der Waals surface area contributed by atoms with E-state index in [0.29, 0.717) is 12.2 Å². The number of esters is 1. The Morgan fingerprint density at radius 2 is 1.85 bits per heavy atom. The molecule has 0 fully saturated rings. The SMILES string of the molecule is CCCCOC(C(=O)N[C@@H](CS(=O)(=O)O)C(=O)OCC)c1ccccc1. The number of hydrogen-bond acceptors (Lipinski definition) is 6. The fraction of sp³-hybridized carbons (Fsp3) is 0.529. The highest BCUT2D eigenvalue weighted by Crippen LogP contribution is 2.18. The van der Waals surface area contributed by atoms with Gasteiger partial charge in [-0.3, -0.25) is 9.35 Å². The van der Waals surface area contributed by atoms with E-state index in [0.717, 1.165) is 12.8 Å². The first-order valence-corrected chi connectivity index (χ1v) is 9.98. The largest absolute Gasteiger partial charge is 0.464 e. The second-order valence-corrected chi connectivity index (χ2v) is 7.07. The van der Waals surface area contributed by atoms with Crippen molar-refractivity contribution in [3.63, 3.8) is 0 Å². The van der Waals surface area contributed by atoms with E-state index in [-0.39, 0.29) is 6.61 Å². The predicted molar refractivity (Wildman–Crippen MR) is 95.0 cm³/mol. The van der Waals surface area contributed by atoms with Crippen molar-refractivity contribution in [2.75, 3.05) is 19.0 Å². The van der Waals surface area contributed by atoms with Crippen LogP contribution in [0.4, 0.5) is 0 Å². The van der Waals surface area contributed by atoms with Gasteiger partial charge in [0.2, 0.25) is 0 Å². The first-order valence-electron chi connectivity index (χ1n) is 8.37. The van der Waals surface area contributed by atoms with Crippen molar-refractivity contribution >= 4 is 22.0 Å². The molecule has 0 spiro atoms. The molecule has 0 heterocycles. The van der Waals surface area contributed by atoms with Crippen LogP contribution in [0.5, 0.6) is 0 Å². The van der Waals surface area contributed by atoms with Crippen LogP contribution in [0.3, 0.4) is 0 Å². The van der Waals surface area contributed by atoms with Gasteiger partial charge in [-0.15, -0.1) is 0 Å². The summed E-state index contributed by atoms with van der Waals surface area (Å²) in [6, 6.07) is 7.11. The van der Waals surface area contributed by atoms with Gasteiger partial charge in [0.1, 0.15) is 11.8 Å². The van der Waals surface area contributed by atoms with E-state index in [2.05, 4.69) is 5.32 Å². The van der Waals surface area contributed by atoms with E-state index in [1.54, 1.807) is 37.3 Å². The van der Waals surface area contributed by atoms with Crippen LogP contribution in [-0.4, -0.2) is 49.9 Å². The Morgan fingerprint density at radius 3 is 2.38 bits per heavy atom. The van der Waals surface area contributed by atoms with Crippen LogP contribution in [0.15, 0.2) is 30.3 Å². The van der Waals surface area contributed by atoms with Crippen molar-refractivity contribution in [2.24, 2.45) is 0 Å². The van der Waals surface area contributed by atoms with Crippen LogP contribution in [0.25, 0.3) is 0 Å². The molecule has 8 nitrogen and oxygen atoms in total. The molecule has 9 heteroatoms. The van der Waals surface area contributed by atoms with Crippen molar-refractivity contribution in [3.8, 4) is 0 Å². The molecular formula is C17H25NO7S.